The molecular formula is C12H18BrN2O2+. The van der Waals surface area contributed by atoms with E-state index in [4.69, 9.17) is 10.5 Å². The highest BCUT2D eigenvalue weighted by Gasteiger charge is 2.20. The van der Waals surface area contributed by atoms with Crippen LogP contribution in [0.2, 0.25) is 0 Å². The van der Waals surface area contributed by atoms with Crippen LogP contribution in [-0.4, -0.2) is 26.1 Å². The first-order valence-corrected chi connectivity index (χ1v) is 6.19. The Labute approximate surface area is 110 Å². The van der Waals surface area contributed by atoms with E-state index >= 15 is 0 Å². The molecule has 1 aromatic rings. The molecule has 0 saturated carbocycles. The van der Waals surface area contributed by atoms with Crippen molar-refractivity contribution in [1.29, 1.82) is 0 Å². The minimum absolute atomic E-state index is 0.223. The van der Waals surface area contributed by atoms with E-state index < -0.39 is 0 Å². The normalized spacial score (nSPS) is 14.1. The number of benzene rings is 1. The summed E-state index contributed by atoms with van der Waals surface area (Å²) in [5.41, 5.74) is 6.34. The van der Waals surface area contributed by atoms with E-state index in [0.717, 1.165) is 20.7 Å². The molecule has 0 saturated heterocycles. The maximum atomic E-state index is 11.1. The van der Waals surface area contributed by atoms with Crippen LogP contribution < -0.4 is 15.4 Å². The number of hydrogen-bond donors (Lipinski definition) is 2. The Morgan fingerprint density at radius 3 is 2.76 bits per heavy atom. The fourth-order valence-electron chi connectivity index (χ4n) is 1.58. The van der Waals surface area contributed by atoms with Crippen molar-refractivity contribution >= 4 is 21.8 Å². The average Bonchev–Trinajstić information content (AvgIpc) is 2.28. The molecule has 1 unspecified atom stereocenters. The van der Waals surface area contributed by atoms with Gasteiger partial charge in [0.1, 0.15) is 12.3 Å². The number of nitrogens with two attached hydrogens (primary N) is 1. The van der Waals surface area contributed by atoms with Crippen molar-refractivity contribution < 1.29 is 14.4 Å². The number of carbonyl (C=O) groups is 1. The summed E-state index contributed by atoms with van der Waals surface area (Å²) < 4.78 is 6.28. The zero-order valence-corrected chi connectivity index (χ0v) is 11.9. The van der Waals surface area contributed by atoms with Crippen LogP contribution in [0.15, 0.2) is 22.7 Å². The van der Waals surface area contributed by atoms with E-state index in [1.54, 1.807) is 7.11 Å². The van der Waals surface area contributed by atoms with Crippen LogP contribution in [0.1, 0.15) is 12.5 Å². The minimum atomic E-state index is -0.295. The van der Waals surface area contributed by atoms with Crippen LogP contribution in [0.25, 0.3) is 0 Å². The lowest BCUT2D eigenvalue weighted by molar-refractivity contribution is -0.908. The van der Waals surface area contributed by atoms with Crippen molar-refractivity contribution in [3.8, 4) is 5.75 Å². The molecule has 1 rings (SSSR count). The molecule has 0 bridgehead atoms. The van der Waals surface area contributed by atoms with Gasteiger partial charge in [-0.2, -0.15) is 0 Å². The molecule has 1 amide bonds. The fourth-order valence-corrected chi connectivity index (χ4v) is 1.99. The van der Waals surface area contributed by atoms with Gasteiger partial charge in [-0.1, -0.05) is 15.9 Å². The van der Waals surface area contributed by atoms with Crippen molar-refractivity contribution in [2.45, 2.75) is 19.5 Å². The van der Waals surface area contributed by atoms with Gasteiger partial charge in [-0.15, -0.1) is 0 Å². The predicted octanol–water partition coefficient (Wildman–Crippen LogP) is 0.346. The molecule has 0 aliphatic rings. The van der Waals surface area contributed by atoms with E-state index in [1.807, 2.05) is 32.2 Å². The molecule has 5 heteroatoms. The molecule has 0 aliphatic carbocycles. The van der Waals surface area contributed by atoms with Gasteiger partial charge in [-0.05, 0) is 25.1 Å². The molecule has 0 fully saturated rings. The average molecular weight is 302 g/mol. The van der Waals surface area contributed by atoms with Gasteiger partial charge in [0, 0.05) is 10.0 Å². The van der Waals surface area contributed by atoms with Gasteiger partial charge < -0.3 is 15.4 Å². The summed E-state index contributed by atoms with van der Waals surface area (Å²) in [5.74, 6) is 0.528. The maximum Gasteiger partial charge on any atom is 0.275 e. The van der Waals surface area contributed by atoms with Gasteiger partial charge in [-0.3, -0.25) is 4.79 Å². The number of amides is 1. The second kappa shape index (κ2) is 6.02. The Hall–Kier alpha value is -1.07. The summed E-state index contributed by atoms with van der Waals surface area (Å²) in [6.45, 7) is 2.51. The second-order valence-corrected chi connectivity index (χ2v) is 5.02. The number of nitrogens with one attached hydrogen (secondary N) is 1. The molecule has 0 radical (unpaired) electrons. The van der Waals surface area contributed by atoms with E-state index in [0.29, 0.717) is 6.54 Å². The van der Waals surface area contributed by atoms with Gasteiger partial charge >= 0.3 is 0 Å². The fraction of sp³-hybridized carbons (Fsp3) is 0.417. The number of halogens is 1. The summed E-state index contributed by atoms with van der Waals surface area (Å²) >= 11 is 3.42. The molecule has 1 aromatic carbocycles. The van der Waals surface area contributed by atoms with E-state index in [9.17, 15) is 4.79 Å². The van der Waals surface area contributed by atoms with Crippen LogP contribution in [0.5, 0.6) is 5.75 Å². The number of carbonyl (C=O) groups excluding carboxylic acids is 1. The van der Waals surface area contributed by atoms with Crippen LogP contribution in [-0.2, 0) is 11.3 Å². The topological polar surface area (TPSA) is 56.8 Å². The number of quaternary nitrogens is 1. The Bertz CT molecular complexity index is 409. The van der Waals surface area contributed by atoms with Gasteiger partial charge in [-0.25, -0.2) is 0 Å². The smallest absolute Gasteiger partial charge is 0.275 e. The number of methoxy groups -OCH3 is 1. The molecule has 17 heavy (non-hydrogen) atoms. The van der Waals surface area contributed by atoms with Gasteiger partial charge in [0.25, 0.3) is 5.91 Å². The molecule has 0 spiro atoms. The molecule has 3 N–H and O–H groups in total. The highest BCUT2D eigenvalue weighted by atomic mass is 79.9. The van der Waals surface area contributed by atoms with Crippen molar-refractivity contribution in [3.63, 3.8) is 0 Å². The molecule has 0 heterocycles. The highest BCUT2D eigenvalue weighted by Crippen LogP contribution is 2.22. The lowest BCUT2D eigenvalue weighted by Crippen LogP contribution is -3.12. The van der Waals surface area contributed by atoms with Crippen LogP contribution >= 0.6 is 15.9 Å². The first-order chi connectivity index (χ1) is 7.95. The first-order valence-electron chi connectivity index (χ1n) is 5.39. The quantitative estimate of drug-likeness (QED) is 0.824. The van der Waals surface area contributed by atoms with Crippen LogP contribution in [0.4, 0.5) is 0 Å². The Morgan fingerprint density at radius 2 is 2.24 bits per heavy atom. The third kappa shape index (κ3) is 3.71. The molecule has 0 aliphatic heterocycles. The van der Waals surface area contributed by atoms with Gasteiger partial charge in [0.2, 0.25) is 0 Å². The monoisotopic (exact) mass is 301 g/mol. The van der Waals surface area contributed by atoms with Crippen molar-refractivity contribution in [3.05, 3.63) is 28.2 Å². The Morgan fingerprint density at radius 1 is 1.59 bits per heavy atom. The van der Waals surface area contributed by atoms with Crippen LogP contribution in [0.3, 0.4) is 0 Å². The Kier molecular flexibility index (Phi) is 4.96. The second-order valence-electron chi connectivity index (χ2n) is 4.10. The van der Waals surface area contributed by atoms with E-state index in [-0.39, 0.29) is 11.9 Å². The number of rotatable bonds is 5. The minimum Gasteiger partial charge on any atom is -0.496 e. The molecule has 2 atom stereocenters. The summed E-state index contributed by atoms with van der Waals surface area (Å²) in [6, 6.07) is 5.60. The number of ether oxygens (including phenoxy) is 1. The lowest BCUT2D eigenvalue weighted by atomic mass is 10.1. The SMILES string of the molecule is COc1ccc(Br)cc1C[NH+](C)[C@H](C)C(N)=O. The number of hydrogen-bond acceptors (Lipinski definition) is 2. The lowest BCUT2D eigenvalue weighted by Gasteiger charge is -2.20. The van der Waals surface area contributed by atoms with Gasteiger partial charge in [0.05, 0.1) is 14.2 Å². The summed E-state index contributed by atoms with van der Waals surface area (Å²) in [5, 5.41) is 0. The summed E-state index contributed by atoms with van der Waals surface area (Å²) in [7, 11) is 3.58. The van der Waals surface area contributed by atoms with E-state index in [2.05, 4.69) is 15.9 Å². The maximum absolute atomic E-state index is 11.1. The largest absolute Gasteiger partial charge is 0.496 e. The third-order valence-corrected chi connectivity index (χ3v) is 3.37. The summed E-state index contributed by atoms with van der Waals surface area (Å²) in [4.78, 5) is 12.1. The van der Waals surface area contributed by atoms with Crippen molar-refractivity contribution in [2.24, 2.45) is 5.73 Å². The first kappa shape index (κ1) is 14.0. The molecule has 0 aromatic heterocycles. The molecular weight excluding hydrogens is 284 g/mol. The third-order valence-electron chi connectivity index (χ3n) is 2.88. The predicted molar refractivity (Wildman–Crippen MR) is 69.9 cm³/mol. The highest BCUT2D eigenvalue weighted by molar-refractivity contribution is 9.10. The number of primary amides is 1. The zero-order chi connectivity index (χ0) is 13.0. The molecule has 4 nitrogen and oxygen atoms in total. The Balaban J connectivity index is 2.86. The molecule has 94 valence electrons. The van der Waals surface area contributed by atoms with Crippen molar-refractivity contribution in [2.75, 3.05) is 14.2 Å². The van der Waals surface area contributed by atoms with Crippen molar-refractivity contribution in [1.82, 2.24) is 0 Å². The van der Waals surface area contributed by atoms with Gasteiger partial charge in [0.15, 0.2) is 6.04 Å². The zero-order valence-electron chi connectivity index (χ0n) is 10.3. The number of likely N-dealkylation sites (N-methyl/N-ethyl adjacent to an activating group) is 1. The standard InChI is InChI=1S/C12H17BrN2O2/c1-8(12(14)16)15(2)7-9-6-10(13)4-5-11(9)17-3/h4-6,8H,7H2,1-3H3,(H2,14,16)/p+1/t8-/m1/s1. The van der Waals surface area contributed by atoms with E-state index in [1.165, 1.54) is 0 Å². The summed E-state index contributed by atoms with van der Waals surface area (Å²) in [6.07, 6.45) is 0. The van der Waals surface area contributed by atoms with Crippen LogP contribution in [0, 0.1) is 0 Å².